The zero-order chi connectivity index (χ0) is 19.8. The van der Waals surface area contributed by atoms with Crippen LogP contribution in [0.25, 0.3) is 0 Å². The summed E-state index contributed by atoms with van der Waals surface area (Å²) in [6, 6.07) is 13.0. The monoisotopic (exact) mass is 378 g/mol. The third-order valence-electron chi connectivity index (χ3n) is 4.95. The molecule has 1 aliphatic rings. The number of nitrogen functional groups attached to an aromatic ring is 1. The molecule has 1 atom stereocenters. The molecular weight excluding hydrogens is 354 g/mol. The number of anilines is 1. The molecule has 2 heterocycles. The van der Waals surface area contributed by atoms with Crippen LogP contribution in [-0.2, 0) is 6.54 Å². The predicted octanol–water partition coefficient (Wildman–Crippen LogP) is 3.61. The molecule has 0 bridgehead atoms. The van der Waals surface area contributed by atoms with Gasteiger partial charge in [-0.2, -0.15) is 0 Å². The molecule has 1 aromatic heterocycles. The number of aromatic hydroxyl groups is 1. The summed E-state index contributed by atoms with van der Waals surface area (Å²) in [5.41, 5.74) is 9.30. The zero-order valence-corrected chi connectivity index (χ0v) is 16.2. The van der Waals surface area contributed by atoms with Crippen molar-refractivity contribution in [1.82, 2.24) is 4.98 Å². The number of fused-ring (bicyclic) bond motifs is 2. The van der Waals surface area contributed by atoms with Crippen LogP contribution >= 0.6 is 0 Å². The molecule has 4 rings (SSSR count). The van der Waals surface area contributed by atoms with Gasteiger partial charge in [0.15, 0.2) is 0 Å². The van der Waals surface area contributed by atoms with Crippen LogP contribution in [0.1, 0.15) is 36.5 Å². The summed E-state index contributed by atoms with van der Waals surface area (Å²) in [6.45, 7) is 5.03. The Kier molecular flexibility index (Phi) is 4.55. The molecule has 2 aromatic carbocycles. The number of phenolic OH excluding ortho intramolecular Hbond substituents is 1. The topological polar surface area (TPSA) is 81.5 Å². The van der Waals surface area contributed by atoms with Gasteiger partial charge in [-0.05, 0) is 18.1 Å². The first-order valence-corrected chi connectivity index (χ1v) is 9.31. The van der Waals surface area contributed by atoms with Crippen LogP contribution in [0.3, 0.4) is 0 Å². The Hall–Kier alpha value is -3.28. The maximum Gasteiger partial charge on any atom is 0.306 e. The van der Waals surface area contributed by atoms with Crippen molar-refractivity contribution >= 4 is 5.82 Å². The van der Waals surface area contributed by atoms with Gasteiger partial charge in [0, 0.05) is 17.2 Å². The average Bonchev–Trinajstić information content (AvgIpc) is 2.68. The number of nitrogens with zero attached hydrogens (tertiary/aromatic N) is 2. The van der Waals surface area contributed by atoms with Gasteiger partial charge < -0.3 is 20.3 Å². The summed E-state index contributed by atoms with van der Waals surface area (Å²) < 4.78 is 13.6. The molecular formula is C22H24N3O3+. The number of nitrogens with two attached hydrogens (primary N) is 1. The van der Waals surface area contributed by atoms with E-state index in [1.807, 2.05) is 34.9 Å². The highest BCUT2D eigenvalue weighted by molar-refractivity contribution is 5.63. The van der Waals surface area contributed by atoms with Gasteiger partial charge in [0.1, 0.15) is 22.8 Å². The van der Waals surface area contributed by atoms with Crippen LogP contribution in [0, 0.1) is 5.92 Å². The predicted molar refractivity (Wildman–Crippen MR) is 106 cm³/mol. The summed E-state index contributed by atoms with van der Waals surface area (Å²) in [4.78, 5) is 4.53. The minimum atomic E-state index is -0.220. The van der Waals surface area contributed by atoms with E-state index in [2.05, 4.69) is 18.8 Å². The normalized spacial score (nSPS) is 14.9. The number of para-hydroxylation sites is 1. The molecule has 1 aliphatic heterocycles. The van der Waals surface area contributed by atoms with E-state index in [-0.39, 0.29) is 11.7 Å². The molecule has 144 valence electrons. The van der Waals surface area contributed by atoms with Crippen molar-refractivity contribution in [3.63, 3.8) is 0 Å². The van der Waals surface area contributed by atoms with E-state index in [9.17, 15) is 5.11 Å². The van der Waals surface area contributed by atoms with Crippen LogP contribution in [0.4, 0.5) is 5.82 Å². The Bertz CT molecular complexity index is 1030. The Morgan fingerprint density at radius 2 is 2.00 bits per heavy atom. The minimum Gasteiger partial charge on any atom is -0.508 e. The number of benzene rings is 2. The van der Waals surface area contributed by atoms with Gasteiger partial charge in [-0.1, -0.05) is 43.1 Å². The van der Waals surface area contributed by atoms with Gasteiger partial charge in [-0.3, -0.25) is 0 Å². The van der Waals surface area contributed by atoms with Crippen molar-refractivity contribution in [3.05, 3.63) is 65.5 Å². The number of hydrogen-bond donors (Lipinski definition) is 2. The first kappa shape index (κ1) is 18.1. The van der Waals surface area contributed by atoms with Crippen LogP contribution in [0.15, 0.2) is 48.8 Å². The lowest BCUT2D eigenvalue weighted by atomic mass is 9.83. The summed E-state index contributed by atoms with van der Waals surface area (Å²) in [6.07, 6.45) is 1.71. The number of hydrogen-bond acceptors (Lipinski definition) is 5. The third-order valence-corrected chi connectivity index (χ3v) is 4.95. The number of aromatic nitrogens is 2. The lowest BCUT2D eigenvalue weighted by Crippen LogP contribution is -2.41. The maximum absolute atomic E-state index is 9.94. The molecule has 0 fully saturated rings. The molecule has 0 amide bonds. The zero-order valence-electron chi connectivity index (χ0n) is 16.2. The van der Waals surface area contributed by atoms with Crippen molar-refractivity contribution in [2.75, 3.05) is 12.8 Å². The number of ether oxygens (including phenoxy) is 2. The molecule has 0 unspecified atom stereocenters. The van der Waals surface area contributed by atoms with Crippen molar-refractivity contribution in [2.24, 2.45) is 5.92 Å². The first-order chi connectivity index (χ1) is 13.5. The maximum atomic E-state index is 9.94. The number of methoxy groups -OCH3 is 1. The fourth-order valence-corrected chi connectivity index (χ4v) is 3.75. The van der Waals surface area contributed by atoms with Gasteiger partial charge in [0.05, 0.1) is 19.6 Å². The summed E-state index contributed by atoms with van der Waals surface area (Å²) in [5.74, 6) is 2.74. The Balaban J connectivity index is 1.99. The second-order valence-electron chi connectivity index (χ2n) is 7.39. The van der Waals surface area contributed by atoms with Crippen LogP contribution < -0.4 is 19.8 Å². The number of rotatable bonds is 4. The highest BCUT2D eigenvalue weighted by atomic mass is 16.5. The van der Waals surface area contributed by atoms with E-state index in [0.29, 0.717) is 23.4 Å². The van der Waals surface area contributed by atoms with Crippen molar-refractivity contribution in [3.8, 4) is 23.1 Å². The number of phenols is 1. The van der Waals surface area contributed by atoms with E-state index in [1.165, 1.54) is 0 Å². The van der Waals surface area contributed by atoms with E-state index in [4.69, 9.17) is 15.2 Å². The lowest BCUT2D eigenvalue weighted by Gasteiger charge is -2.28. The molecule has 28 heavy (non-hydrogen) atoms. The summed E-state index contributed by atoms with van der Waals surface area (Å²) >= 11 is 0. The third kappa shape index (κ3) is 3.01. The van der Waals surface area contributed by atoms with Crippen molar-refractivity contribution < 1.29 is 19.1 Å². The molecule has 0 saturated heterocycles. The van der Waals surface area contributed by atoms with Crippen LogP contribution in [0.5, 0.6) is 23.1 Å². The first-order valence-electron chi connectivity index (χ1n) is 9.31. The Labute approximate surface area is 164 Å². The van der Waals surface area contributed by atoms with Crippen LogP contribution in [-0.4, -0.2) is 17.2 Å². The standard InChI is InChI=1S/C22H23N3O3/c1-13(2)11-25-12-24-22-20(21(25)23)19(15-6-4-5-7-17(15)27-3)16-9-8-14(26)10-18(16)28-22/h4-10,12-13,19,23,26H,11H2,1-3H3/p+1/t19-/m1/s1. The van der Waals surface area contributed by atoms with Gasteiger partial charge in [-0.25, -0.2) is 4.57 Å². The van der Waals surface area contributed by atoms with E-state index in [1.54, 1.807) is 25.6 Å². The van der Waals surface area contributed by atoms with E-state index < -0.39 is 0 Å². The Morgan fingerprint density at radius 3 is 2.75 bits per heavy atom. The molecule has 0 radical (unpaired) electrons. The fraction of sp³-hybridized carbons (Fsp3) is 0.273. The quantitative estimate of drug-likeness (QED) is 0.530. The van der Waals surface area contributed by atoms with Crippen molar-refractivity contribution in [1.29, 1.82) is 0 Å². The van der Waals surface area contributed by atoms with Gasteiger partial charge >= 0.3 is 5.88 Å². The van der Waals surface area contributed by atoms with Gasteiger partial charge in [0.2, 0.25) is 12.1 Å². The molecule has 3 N–H and O–H groups in total. The Morgan fingerprint density at radius 1 is 1.21 bits per heavy atom. The minimum absolute atomic E-state index is 0.139. The smallest absolute Gasteiger partial charge is 0.306 e. The van der Waals surface area contributed by atoms with Gasteiger partial charge in [-0.15, -0.1) is 0 Å². The van der Waals surface area contributed by atoms with E-state index >= 15 is 0 Å². The largest absolute Gasteiger partial charge is 0.508 e. The highest BCUT2D eigenvalue weighted by Crippen LogP contribution is 2.50. The lowest BCUT2D eigenvalue weighted by molar-refractivity contribution is -0.691. The molecule has 6 heteroatoms. The average molecular weight is 378 g/mol. The molecule has 0 saturated carbocycles. The van der Waals surface area contributed by atoms with Crippen LogP contribution in [0.2, 0.25) is 0 Å². The molecule has 6 nitrogen and oxygen atoms in total. The second kappa shape index (κ2) is 7.03. The molecule has 0 spiro atoms. The van der Waals surface area contributed by atoms with E-state index in [0.717, 1.165) is 29.0 Å². The fourth-order valence-electron chi connectivity index (χ4n) is 3.75. The highest BCUT2D eigenvalue weighted by Gasteiger charge is 2.37. The summed E-state index contributed by atoms with van der Waals surface area (Å²) in [7, 11) is 1.66. The SMILES string of the molecule is COc1ccccc1[C@@H]1c2ccc(O)cc2Oc2nc[n+](CC(C)C)c(N)c21. The second-order valence-corrected chi connectivity index (χ2v) is 7.39. The molecule has 0 aliphatic carbocycles. The molecule has 3 aromatic rings. The van der Waals surface area contributed by atoms with Gasteiger partial charge in [0.25, 0.3) is 0 Å². The summed E-state index contributed by atoms with van der Waals surface area (Å²) in [5, 5.41) is 9.94. The van der Waals surface area contributed by atoms with Crippen molar-refractivity contribution in [2.45, 2.75) is 26.3 Å².